The first-order valence-corrected chi connectivity index (χ1v) is 18.2. The van der Waals surface area contributed by atoms with Crippen LogP contribution in [0.4, 0.5) is 5.69 Å². The number of benzene rings is 3. The van der Waals surface area contributed by atoms with Gasteiger partial charge in [0.1, 0.15) is 5.69 Å². The quantitative estimate of drug-likeness (QED) is 0.259. The highest BCUT2D eigenvalue weighted by Gasteiger charge is 2.50. The molecule has 2 saturated heterocycles. The van der Waals surface area contributed by atoms with Crippen LogP contribution in [-0.4, -0.2) is 84.8 Å². The van der Waals surface area contributed by atoms with Gasteiger partial charge in [-0.1, -0.05) is 40.2 Å². The van der Waals surface area contributed by atoms with Gasteiger partial charge in [-0.15, -0.1) is 0 Å². The first kappa shape index (κ1) is 33.9. The van der Waals surface area contributed by atoms with Crippen LogP contribution in [0.25, 0.3) is 17.1 Å². The minimum Gasteiger partial charge on any atom is -0.370 e. The molecule has 1 atom stereocenters. The standard InChI is InChI=1S/C38H40BrN9O4/c1-23-15-25(9-14-30(23)39)35(50)46-18-31-32(34(49)40-16-26-7-5-6-8-29(26)33-41-42-36(51)44(33)4)48(37(52)47(31)17-24(46)2)28-12-10-27(11-13-28)45-21-38(22-45)19-43(3)20-38/h5-15,24H,16-22H2,1-4H3,(H,40,49)(H,42,51)/t24-/m0/s1. The lowest BCUT2D eigenvalue weighted by Gasteiger charge is -2.60. The lowest BCUT2D eigenvalue weighted by Crippen LogP contribution is -2.71. The number of imidazole rings is 1. The first-order valence-electron chi connectivity index (χ1n) is 17.4. The molecular formula is C38H40BrN9O4. The molecule has 52 heavy (non-hydrogen) atoms. The van der Waals surface area contributed by atoms with Crippen LogP contribution in [0.3, 0.4) is 0 Å². The van der Waals surface area contributed by atoms with Crippen molar-refractivity contribution in [3.63, 3.8) is 0 Å². The van der Waals surface area contributed by atoms with E-state index >= 15 is 0 Å². The topological polar surface area (TPSA) is 134 Å². The van der Waals surface area contributed by atoms with Crippen molar-refractivity contribution < 1.29 is 9.59 Å². The summed E-state index contributed by atoms with van der Waals surface area (Å²) in [4.78, 5) is 61.2. The number of fused-ring (bicyclic) bond motifs is 1. The summed E-state index contributed by atoms with van der Waals surface area (Å²) in [7, 11) is 3.77. The van der Waals surface area contributed by atoms with Crippen molar-refractivity contribution >= 4 is 33.4 Å². The van der Waals surface area contributed by atoms with E-state index in [1.807, 2.05) is 74.5 Å². The van der Waals surface area contributed by atoms with Gasteiger partial charge in [-0.05, 0) is 74.5 Å². The normalized spacial score (nSPS) is 17.8. The van der Waals surface area contributed by atoms with Gasteiger partial charge >= 0.3 is 11.4 Å². The van der Waals surface area contributed by atoms with Gasteiger partial charge in [0.25, 0.3) is 11.8 Å². The van der Waals surface area contributed by atoms with Crippen molar-refractivity contribution in [1.29, 1.82) is 0 Å². The Labute approximate surface area is 308 Å². The molecule has 8 rings (SSSR count). The molecule has 3 aliphatic rings. The van der Waals surface area contributed by atoms with Gasteiger partial charge in [0, 0.05) is 79.1 Å². The highest BCUT2D eigenvalue weighted by Crippen LogP contribution is 2.41. The fourth-order valence-corrected chi connectivity index (χ4v) is 8.35. The molecule has 3 aromatic carbocycles. The van der Waals surface area contributed by atoms with E-state index in [1.165, 1.54) is 9.13 Å². The van der Waals surface area contributed by atoms with Gasteiger partial charge in [-0.25, -0.2) is 14.7 Å². The second-order valence-electron chi connectivity index (χ2n) is 14.6. The number of halogens is 1. The number of carbonyl (C=O) groups is 2. The van der Waals surface area contributed by atoms with Crippen LogP contribution in [-0.2, 0) is 26.7 Å². The molecule has 13 nitrogen and oxygen atoms in total. The van der Waals surface area contributed by atoms with Gasteiger partial charge in [-0.2, -0.15) is 5.10 Å². The summed E-state index contributed by atoms with van der Waals surface area (Å²) < 4.78 is 5.42. The average molecular weight is 767 g/mol. The summed E-state index contributed by atoms with van der Waals surface area (Å²) in [6, 6.07) is 20.4. The van der Waals surface area contributed by atoms with E-state index in [2.05, 4.69) is 48.3 Å². The number of aryl methyl sites for hydroxylation is 1. The molecule has 14 heteroatoms. The summed E-state index contributed by atoms with van der Waals surface area (Å²) in [6.45, 7) is 8.49. The first-order chi connectivity index (χ1) is 24.9. The van der Waals surface area contributed by atoms with Gasteiger partial charge < -0.3 is 20.0 Å². The fourth-order valence-electron chi connectivity index (χ4n) is 8.10. The Morgan fingerprint density at radius 3 is 2.37 bits per heavy atom. The summed E-state index contributed by atoms with van der Waals surface area (Å²) in [5.74, 6) is -0.188. The number of likely N-dealkylation sites (tertiary alicyclic amines) is 1. The molecule has 5 heterocycles. The molecule has 268 valence electrons. The van der Waals surface area contributed by atoms with E-state index in [4.69, 9.17) is 0 Å². The monoisotopic (exact) mass is 765 g/mol. The Balaban J connectivity index is 1.14. The van der Waals surface area contributed by atoms with Gasteiger partial charge in [0.2, 0.25) is 0 Å². The van der Waals surface area contributed by atoms with Crippen LogP contribution in [0.1, 0.15) is 44.6 Å². The van der Waals surface area contributed by atoms with E-state index < -0.39 is 5.91 Å². The lowest BCUT2D eigenvalue weighted by molar-refractivity contribution is -0.00238. The second-order valence-corrected chi connectivity index (χ2v) is 15.4. The van der Waals surface area contributed by atoms with E-state index in [0.29, 0.717) is 33.7 Å². The van der Waals surface area contributed by atoms with Crippen LogP contribution < -0.4 is 21.6 Å². The minimum absolute atomic E-state index is 0.0778. The molecule has 5 aromatic rings. The van der Waals surface area contributed by atoms with Crippen LogP contribution >= 0.6 is 15.9 Å². The van der Waals surface area contributed by atoms with Crippen LogP contribution in [0.15, 0.2) is 80.8 Å². The average Bonchev–Trinajstić information content (AvgIpc) is 3.59. The molecule has 0 unspecified atom stereocenters. The molecule has 0 aliphatic carbocycles. The van der Waals surface area contributed by atoms with E-state index in [0.717, 1.165) is 47.5 Å². The number of nitrogens with zero attached hydrogens (tertiary/aromatic N) is 7. The SMILES string of the molecule is Cc1cc(C(=O)N2Cc3c(C(=O)NCc4ccccc4-c4n[nH]c(=O)n4C)n(-c4ccc(N5CC6(CN(C)C6)C5)cc4)c(=O)n3C[C@@H]2C)ccc1Br. The van der Waals surface area contributed by atoms with Crippen molar-refractivity contribution in [3.8, 4) is 17.1 Å². The number of aromatic nitrogens is 5. The number of anilines is 1. The highest BCUT2D eigenvalue weighted by atomic mass is 79.9. The van der Waals surface area contributed by atoms with E-state index in [1.54, 1.807) is 22.6 Å². The molecule has 0 radical (unpaired) electrons. The third-order valence-electron chi connectivity index (χ3n) is 10.7. The highest BCUT2D eigenvalue weighted by molar-refractivity contribution is 9.10. The number of nitrogens with one attached hydrogen (secondary N) is 2. The predicted molar refractivity (Wildman–Crippen MR) is 201 cm³/mol. The van der Waals surface area contributed by atoms with Gasteiger partial charge in [-0.3, -0.25) is 23.3 Å². The summed E-state index contributed by atoms with van der Waals surface area (Å²) >= 11 is 3.52. The molecule has 2 fully saturated rings. The van der Waals surface area contributed by atoms with E-state index in [9.17, 15) is 19.2 Å². The number of hydrogen-bond donors (Lipinski definition) is 2. The number of hydrogen-bond acceptors (Lipinski definition) is 7. The zero-order chi connectivity index (χ0) is 36.5. The minimum atomic E-state index is -0.458. The zero-order valence-electron chi connectivity index (χ0n) is 29.5. The third-order valence-corrected chi connectivity index (χ3v) is 11.6. The second kappa shape index (κ2) is 12.8. The molecular weight excluding hydrogens is 726 g/mol. The van der Waals surface area contributed by atoms with Crippen LogP contribution in [0, 0.1) is 12.3 Å². The van der Waals surface area contributed by atoms with E-state index in [-0.39, 0.29) is 48.7 Å². The Morgan fingerprint density at radius 1 is 0.981 bits per heavy atom. The van der Waals surface area contributed by atoms with Crippen LogP contribution in [0.5, 0.6) is 0 Å². The summed E-state index contributed by atoms with van der Waals surface area (Å²) in [5, 5.41) is 9.69. The van der Waals surface area contributed by atoms with Gasteiger partial charge in [0.15, 0.2) is 5.82 Å². The molecule has 2 amide bonds. The van der Waals surface area contributed by atoms with Crippen molar-refractivity contribution in [2.75, 3.05) is 38.1 Å². The van der Waals surface area contributed by atoms with Crippen molar-refractivity contribution in [2.45, 2.75) is 39.5 Å². The lowest BCUT2D eigenvalue weighted by atomic mass is 9.73. The maximum absolute atomic E-state index is 14.4. The Hall–Kier alpha value is -5.21. The maximum atomic E-state index is 14.4. The Bertz CT molecular complexity index is 2340. The largest absolute Gasteiger partial charge is 0.370 e. The van der Waals surface area contributed by atoms with Crippen molar-refractivity contribution in [2.24, 2.45) is 12.5 Å². The summed E-state index contributed by atoms with van der Waals surface area (Å²) in [6.07, 6.45) is 0. The maximum Gasteiger partial charge on any atom is 0.343 e. The third kappa shape index (κ3) is 5.70. The fraction of sp³-hybridized carbons (Fsp3) is 0.342. The number of H-pyrrole nitrogens is 1. The smallest absolute Gasteiger partial charge is 0.343 e. The molecule has 2 N–H and O–H groups in total. The number of carbonyl (C=O) groups excluding carboxylic acids is 2. The molecule has 2 aromatic heterocycles. The predicted octanol–water partition coefficient (Wildman–Crippen LogP) is 3.53. The molecule has 0 saturated carbocycles. The molecule has 0 bridgehead atoms. The molecule has 1 spiro atoms. The Morgan fingerprint density at radius 2 is 1.69 bits per heavy atom. The number of amides is 2. The van der Waals surface area contributed by atoms with Crippen molar-refractivity contribution in [1.82, 2.24) is 39.0 Å². The summed E-state index contributed by atoms with van der Waals surface area (Å²) in [5.41, 5.74) is 4.88. The molecule has 3 aliphatic heterocycles. The number of rotatable bonds is 7. The van der Waals surface area contributed by atoms with Crippen molar-refractivity contribution in [3.05, 3.63) is 120 Å². The number of aromatic amines is 1. The Kier molecular flexibility index (Phi) is 8.33. The van der Waals surface area contributed by atoms with Crippen LogP contribution in [0.2, 0.25) is 0 Å². The van der Waals surface area contributed by atoms with Gasteiger partial charge in [0.05, 0.1) is 17.9 Å². The zero-order valence-corrected chi connectivity index (χ0v) is 31.1.